The Bertz CT molecular complexity index is 1550. The molecule has 1 amide bonds. The molecule has 6 N–H and O–H groups in total. The number of hydrogen-bond donors (Lipinski definition) is 4. The van der Waals surface area contributed by atoms with Gasteiger partial charge in [-0.3, -0.25) is 9.35 Å². The van der Waals surface area contributed by atoms with Gasteiger partial charge >= 0.3 is 29.6 Å². The van der Waals surface area contributed by atoms with Gasteiger partial charge in [0.1, 0.15) is 5.69 Å². The predicted octanol–water partition coefficient (Wildman–Crippen LogP) is 2.23. The molecule has 0 bridgehead atoms. The first kappa shape index (κ1) is 26.3. The van der Waals surface area contributed by atoms with Crippen molar-refractivity contribution in [3.63, 3.8) is 0 Å². The van der Waals surface area contributed by atoms with Gasteiger partial charge in [0.25, 0.3) is 16.0 Å². The number of anilines is 3. The van der Waals surface area contributed by atoms with Gasteiger partial charge in [0.2, 0.25) is 0 Å². The third kappa shape index (κ3) is 6.24. The Hall–Kier alpha value is -3.28. The van der Waals surface area contributed by atoms with Crippen LogP contribution in [0, 0.1) is 6.92 Å². The van der Waals surface area contributed by atoms with E-state index in [1.54, 1.807) is 60.7 Å². The molecular weight excluding hydrogens is 477 g/mol. The van der Waals surface area contributed by atoms with Gasteiger partial charge in [0.15, 0.2) is 0 Å². The van der Waals surface area contributed by atoms with Crippen LogP contribution in [0.3, 0.4) is 0 Å². The maximum Gasteiger partial charge on any atom is 1.00 e. The molecule has 35 heavy (non-hydrogen) atoms. The first-order chi connectivity index (χ1) is 16.1. The van der Waals surface area contributed by atoms with Crippen molar-refractivity contribution in [1.29, 1.82) is 0 Å². The molecule has 0 aliphatic carbocycles. The van der Waals surface area contributed by atoms with E-state index in [2.05, 4.69) is 15.5 Å². The molecular formula is C24H21N5NaO4S+. The first-order valence-electron chi connectivity index (χ1n) is 10.1. The summed E-state index contributed by atoms with van der Waals surface area (Å²) in [6.07, 6.45) is 0. The van der Waals surface area contributed by atoms with Crippen molar-refractivity contribution in [2.75, 3.05) is 16.8 Å². The number of fused-ring (bicyclic) bond motifs is 1. The van der Waals surface area contributed by atoms with Crippen molar-refractivity contribution in [2.24, 2.45) is 10.2 Å². The van der Waals surface area contributed by atoms with E-state index in [0.717, 1.165) is 5.56 Å². The molecule has 4 aromatic rings. The van der Waals surface area contributed by atoms with Gasteiger partial charge in [0.05, 0.1) is 16.3 Å². The summed E-state index contributed by atoms with van der Waals surface area (Å²) in [4.78, 5) is 12.4. The fourth-order valence-electron chi connectivity index (χ4n) is 3.27. The fourth-order valence-corrected chi connectivity index (χ4v) is 3.79. The number of hydrogen-bond acceptors (Lipinski definition) is 7. The van der Waals surface area contributed by atoms with Crippen LogP contribution in [-0.4, -0.2) is 18.9 Å². The number of nitrogen functional groups attached to an aromatic ring is 2. The van der Waals surface area contributed by atoms with E-state index in [0.29, 0.717) is 44.8 Å². The average Bonchev–Trinajstić information content (AvgIpc) is 2.80. The smallest absolute Gasteiger partial charge is 0.398 e. The van der Waals surface area contributed by atoms with Crippen molar-refractivity contribution in [2.45, 2.75) is 11.8 Å². The SMILES string of the molecule is Cc1cc(N=Nc2ccc(C(=O)Nc3ccc4cc(S(=O)(=O)O)ccc4c3)cc2)c(N)cc1N.[Na+]. The quantitative estimate of drug-likeness (QED) is 0.143. The van der Waals surface area contributed by atoms with E-state index in [1.165, 1.54) is 12.1 Å². The van der Waals surface area contributed by atoms with Gasteiger partial charge in [-0.1, -0.05) is 12.1 Å². The Morgan fingerprint density at radius 1 is 0.857 bits per heavy atom. The second-order valence-corrected chi connectivity index (χ2v) is 9.09. The molecule has 0 spiro atoms. The fraction of sp³-hybridized carbons (Fsp3) is 0.0417. The zero-order valence-electron chi connectivity index (χ0n) is 19.1. The van der Waals surface area contributed by atoms with Gasteiger partial charge < -0.3 is 16.8 Å². The second kappa shape index (κ2) is 10.5. The molecule has 0 aromatic heterocycles. The van der Waals surface area contributed by atoms with E-state index >= 15 is 0 Å². The summed E-state index contributed by atoms with van der Waals surface area (Å²) in [6.45, 7) is 1.85. The number of benzene rings is 4. The molecule has 0 aliphatic heterocycles. The molecule has 0 heterocycles. The van der Waals surface area contributed by atoms with Gasteiger partial charge in [-0.05, 0) is 83.9 Å². The minimum Gasteiger partial charge on any atom is -0.398 e. The van der Waals surface area contributed by atoms with Crippen LogP contribution in [-0.2, 0) is 10.1 Å². The van der Waals surface area contributed by atoms with Crippen molar-refractivity contribution in [3.05, 3.63) is 83.9 Å². The largest absolute Gasteiger partial charge is 1.00 e. The maximum absolute atomic E-state index is 12.6. The number of nitrogens with zero attached hydrogens (tertiary/aromatic N) is 2. The molecule has 0 fully saturated rings. The van der Waals surface area contributed by atoms with E-state index in [-0.39, 0.29) is 40.4 Å². The summed E-state index contributed by atoms with van der Waals surface area (Å²) in [5.74, 6) is -0.323. The average molecular weight is 499 g/mol. The Balaban J connectivity index is 0.00000342. The Kier molecular flexibility index (Phi) is 7.93. The number of aryl methyl sites for hydroxylation is 1. The molecule has 0 aliphatic rings. The summed E-state index contributed by atoms with van der Waals surface area (Å²) in [7, 11) is -4.28. The van der Waals surface area contributed by atoms with Gasteiger partial charge in [-0.25, -0.2) is 0 Å². The number of nitrogens with one attached hydrogen (secondary N) is 1. The Morgan fingerprint density at radius 2 is 1.51 bits per heavy atom. The minimum absolute atomic E-state index is 0. The summed E-state index contributed by atoms with van der Waals surface area (Å²) in [6, 6.07) is 19.2. The normalized spacial score (nSPS) is 11.4. The number of carbonyl (C=O) groups excluding carboxylic acids is 1. The van der Waals surface area contributed by atoms with Crippen LogP contribution in [0.1, 0.15) is 15.9 Å². The van der Waals surface area contributed by atoms with Gasteiger partial charge in [0, 0.05) is 16.9 Å². The van der Waals surface area contributed by atoms with Crippen molar-refractivity contribution < 1.29 is 47.3 Å². The molecule has 0 saturated carbocycles. The summed E-state index contributed by atoms with van der Waals surface area (Å²) >= 11 is 0. The van der Waals surface area contributed by atoms with Crippen LogP contribution in [0.4, 0.5) is 28.4 Å². The van der Waals surface area contributed by atoms with E-state index in [1.807, 2.05) is 6.92 Å². The standard InChI is InChI=1S/C24H21N5O4S.Na/c1-14-10-23(22(26)13-21(14)25)29-28-18-6-2-15(3-7-18)24(30)27-19-8-4-17-12-20(34(31,32)33)9-5-16(17)11-19;/h2-13H,25-26H2,1H3,(H,27,30)(H,31,32,33);/q;+1. The van der Waals surface area contributed by atoms with Crippen molar-refractivity contribution >= 4 is 55.2 Å². The molecule has 9 nitrogen and oxygen atoms in total. The monoisotopic (exact) mass is 498 g/mol. The zero-order chi connectivity index (χ0) is 24.5. The maximum atomic E-state index is 12.6. The van der Waals surface area contributed by atoms with E-state index in [4.69, 9.17) is 11.5 Å². The van der Waals surface area contributed by atoms with Crippen LogP contribution >= 0.6 is 0 Å². The molecule has 11 heteroatoms. The van der Waals surface area contributed by atoms with Crippen LogP contribution in [0.15, 0.2) is 87.9 Å². The van der Waals surface area contributed by atoms with Crippen LogP contribution in [0.25, 0.3) is 10.8 Å². The predicted molar refractivity (Wildman–Crippen MR) is 132 cm³/mol. The van der Waals surface area contributed by atoms with Gasteiger partial charge in [-0.2, -0.15) is 13.5 Å². The molecule has 0 saturated heterocycles. The molecule has 172 valence electrons. The van der Waals surface area contributed by atoms with Crippen molar-refractivity contribution in [3.8, 4) is 0 Å². The molecule has 4 aromatic carbocycles. The molecule has 0 atom stereocenters. The van der Waals surface area contributed by atoms with E-state index in [9.17, 15) is 17.8 Å². The summed E-state index contributed by atoms with van der Waals surface area (Å²) in [5, 5.41) is 12.4. The van der Waals surface area contributed by atoms with Gasteiger partial charge in [-0.15, -0.1) is 5.11 Å². The topological polar surface area (TPSA) is 160 Å². The summed E-state index contributed by atoms with van der Waals surface area (Å²) in [5.41, 5.74) is 15.6. The molecule has 4 rings (SSSR count). The third-order valence-electron chi connectivity index (χ3n) is 5.19. The van der Waals surface area contributed by atoms with Crippen LogP contribution in [0.2, 0.25) is 0 Å². The first-order valence-corrected chi connectivity index (χ1v) is 11.5. The number of nitrogens with two attached hydrogens (primary N) is 2. The number of amides is 1. The molecule has 0 unspecified atom stereocenters. The number of carbonyl (C=O) groups is 1. The number of rotatable bonds is 5. The second-order valence-electron chi connectivity index (χ2n) is 7.67. The van der Waals surface area contributed by atoms with Crippen LogP contribution < -0.4 is 46.3 Å². The van der Waals surface area contributed by atoms with Crippen LogP contribution in [0.5, 0.6) is 0 Å². The third-order valence-corrected chi connectivity index (χ3v) is 6.04. The Morgan fingerprint density at radius 3 is 2.20 bits per heavy atom. The minimum atomic E-state index is -4.28. The van der Waals surface area contributed by atoms with E-state index < -0.39 is 10.1 Å². The Labute approximate surface area is 224 Å². The number of azo groups is 1. The van der Waals surface area contributed by atoms with Crippen molar-refractivity contribution in [1.82, 2.24) is 0 Å². The summed E-state index contributed by atoms with van der Waals surface area (Å²) < 4.78 is 31.8. The molecule has 0 radical (unpaired) electrons. The zero-order valence-corrected chi connectivity index (χ0v) is 21.9.